The third-order valence-electron chi connectivity index (χ3n) is 0. The molecule has 0 aromatic rings. The van der Waals surface area contributed by atoms with Crippen molar-refractivity contribution < 1.29 is 21.7 Å². The van der Waals surface area contributed by atoms with E-state index in [-0.39, 0.29) is 0 Å². The van der Waals surface area contributed by atoms with Gasteiger partial charge in [-0.15, -0.1) is 0 Å². The molecule has 0 amide bonds. The summed E-state index contributed by atoms with van der Waals surface area (Å²) in [5.41, 5.74) is 0. The Morgan fingerprint density at radius 1 is 1.00 bits per heavy atom. The second-order valence-corrected chi connectivity index (χ2v) is 1.98. The van der Waals surface area contributed by atoms with Crippen LogP contribution in [0.15, 0.2) is 0 Å². The standard InChI is InChI=1S/F4OP/c1-6(2,3,4)5/q-1. The third-order valence-corrected chi connectivity index (χ3v) is 0. The number of rotatable bonds is 0. The van der Waals surface area contributed by atoms with Gasteiger partial charge in [-0.05, 0) is 0 Å². The average Bonchev–Trinajstić information content (AvgIpc) is 0.650. The molecule has 1 nitrogen and oxygen atoms in total. The Morgan fingerprint density at radius 3 is 1.00 bits per heavy atom. The second kappa shape index (κ2) is 0.845. The van der Waals surface area contributed by atoms with Crippen molar-refractivity contribution >= 4 is 8.07 Å². The summed E-state index contributed by atoms with van der Waals surface area (Å²) >= 11 is 0. The van der Waals surface area contributed by atoms with Gasteiger partial charge in [0.05, 0.1) is 0 Å². The van der Waals surface area contributed by atoms with Crippen LogP contribution in [0, 0.1) is 0 Å². The molecule has 0 atom stereocenters. The fourth-order valence-electron chi connectivity index (χ4n) is 0. The molecule has 0 aliphatic heterocycles. The van der Waals surface area contributed by atoms with E-state index in [9.17, 15) is 16.8 Å². The van der Waals surface area contributed by atoms with Crippen molar-refractivity contribution in [1.29, 1.82) is 0 Å². The van der Waals surface area contributed by atoms with Crippen LogP contribution in [0.2, 0.25) is 0 Å². The summed E-state index contributed by atoms with van der Waals surface area (Å²) in [5.74, 6) is 0. The molecule has 0 rings (SSSR count). The molecule has 0 fully saturated rings. The normalized spacial score (nSPS) is 19.2. The molecule has 0 aliphatic carbocycles. The van der Waals surface area contributed by atoms with Crippen molar-refractivity contribution in [2.24, 2.45) is 0 Å². The second-order valence-electron chi connectivity index (χ2n) is 0.659. The number of hydrogen-bond donors (Lipinski definition) is 0. The first-order valence-corrected chi connectivity index (χ1v) is 2.58. The fraction of sp³-hybridized carbons (Fsp3) is 0. The van der Waals surface area contributed by atoms with E-state index in [2.05, 4.69) is 0 Å². The average molecular weight is 123 g/mol. The summed E-state index contributed by atoms with van der Waals surface area (Å²) in [7, 11) is -8.30. The van der Waals surface area contributed by atoms with Crippen LogP contribution in [0.25, 0.3) is 0 Å². The Hall–Kier alpha value is 0.110. The van der Waals surface area contributed by atoms with Gasteiger partial charge < -0.3 is 0 Å². The summed E-state index contributed by atoms with van der Waals surface area (Å²) in [6, 6.07) is 0. The topological polar surface area (TPSA) is 23.1 Å². The molecule has 0 heterocycles. The SMILES string of the molecule is [O-]P(F)(F)(F)F. The van der Waals surface area contributed by atoms with Gasteiger partial charge in [0.1, 0.15) is 0 Å². The molecule has 0 unspecified atom stereocenters. The Labute approximate surface area is 31.1 Å². The van der Waals surface area contributed by atoms with E-state index >= 15 is 0 Å². The van der Waals surface area contributed by atoms with Gasteiger partial charge in [-0.2, -0.15) is 0 Å². The van der Waals surface area contributed by atoms with Gasteiger partial charge in [0.15, 0.2) is 0 Å². The van der Waals surface area contributed by atoms with E-state index in [0.29, 0.717) is 0 Å². The maximum absolute atomic E-state index is 9.95. The van der Waals surface area contributed by atoms with Gasteiger partial charge in [0.25, 0.3) is 0 Å². The first-order chi connectivity index (χ1) is 2.24. The fourth-order valence-corrected chi connectivity index (χ4v) is 0. The molecule has 0 aromatic heterocycles. The molecule has 0 aromatic carbocycles. The molecule has 40 valence electrons. The van der Waals surface area contributed by atoms with Crippen LogP contribution in [-0.4, -0.2) is 0 Å². The van der Waals surface area contributed by atoms with Gasteiger partial charge >= 0.3 is 29.8 Å². The predicted octanol–water partition coefficient (Wildman–Crippen LogP) is 1.35. The molecule has 0 spiro atoms. The summed E-state index contributed by atoms with van der Waals surface area (Å²) in [6.45, 7) is 0. The molecule has 6 heteroatoms. The Balaban J connectivity index is 3.73. The van der Waals surface area contributed by atoms with Crippen molar-refractivity contribution in [2.75, 3.05) is 0 Å². The van der Waals surface area contributed by atoms with Crippen LogP contribution in [0.3, 0.4) is 0 Å². The van der Waals surface area contributed by atoms with E-state index in [1.165, 1.54) is 0 Å². The molecule has 0 aliphatic rings. The van der Waals surface area contributed by atoms with Crippen LogP contribution < -0.4 is 4.89 Å². The van der Waals surface area contributed by atoms with Crippen molar-refractivity contribution in [3.8, 4) is 0 Å². The van der Waals surface area contributed by atoms with Gasteiger partial charge in [-0.1, -0.05) is 0 Å². The minimum atomic E-state index is -8.30. The van der Waals surface area contributed by atoms with Crippen LogP contribution in [0.4, 0.5) is 16.8 Å². The van der Waals surface area contributed by atoms with Gasteiger partial charge in [-0.3, -0.25) is 0 Å². The molecule has 0 radical (unpaired) electrons. The molecule has 0 N–H and O–H groups in total. The minimum absolute atomic E-state index is 8.14. The van der Waals surface area contributed by atoms with Crippen LogP contribution in [-0.2, 0) is 0 Å². The zero-order valence-corrected chi connectivity index (χ0v) is 3.26. The van der Waals surface area contributed by atoms with E-state index in [1.54, 1.807) is 0 Å². The first-order valence-electron chi connectivity index (χ1n) is 0.859. The van der Waals surface area contributed by atoms with Gasteiger partial charge in [0.2, 0.25) is 0 Å². The van der Waals surface area contributed by atoms with Crippen LogP contribution in [0.1, 0.15) is 0 Å². The maximum atomic E-state index is 9.95. The molecular weight excluding hydrogens is 123 g/mol. The van der Waals surface area contributed by atoms with Crippen LogP contribution >= 0.6 is 8.07 Å². The van der Waals surface area contributed by atoms with Crippen molar-refractivity contribution in [2.45, 2.75) is 0 Å². The third kappa shape index (κ3) is 3290. The summed E-state index contributed by atoms with van der Waals surface area (Å²) < 4.78 is 39.8. The van der Waals surface area contributed by atoms with E-state index < -0.39 is 8.07 Å². The molecular formula is F4OP-. The molecule has 0 saturated carbocycles. The Morgan fingerprint density at radius 2 is 1.00 bits per heavy atom. The van der Waals surface area contributed by atoms with Crippen molar-refractivity contribution in [1.82, 2.24) is 0 Å². The van der Waals surface area contributed by atoms with Crippen LogP contribution in [0.5, 0.6) is 0 Å². The first kappa shape index (κ1) is 6.11. The van der Waals surface area contributed by atoms with Gasteiger partial charge in [-0.25, -0.2) is 0 Å². The van der Waals surface area contributed by atoms with E-state index in [4.69, 9.17) is 4.89 Å². The molecule has 0 saturated heterocycles. The monoisotopic (exact) mass is 123 g/mol. The number of hydrogen-bond acceptors (Lipinski definition) is 1. The van der Waals surface area contributed by atoms with E-state index in [1.807, 2.05) is 0 Å². The number of halogens is 4. The van der Waals surface area contributed by atoms with Gasteiger partial charge in [0, 0.05) is 0 Å². The summed E-state index contributed by atoms with van der Waals surface area (Å²) in [4.78, 5) is 8.14. The Bertz CT molecular complexity index is 40.7. The zero-order chi connectivity index (χ0) is 5.45. The molecule has 6 heavy (non-hydrogen) atoms. The quantitative estimate of drug-likeness (QED) is 0.352. The summed E-state index contributed by atoms with van der Waals surface area (Å²) in [6.07, 6.45) is 0. The predicted molar refractivity (Wildman–Crippen MR) is 11.4 cm³/mol. The Kier molecular flexibility index (Phi) is 0.860. The molecule has 0 bridgehead atoms. The van der Waals surface area contributed by atoms with Crippen molar-refractivity contribution in [3.05, 3.63) is 0 Å². The van der Waals surface area contributed by atoms with Crippen molar-refractivity contribution in [3.63, 3.8) is 0 Å². The van der Waals surface area contributed by atoms with E-state index in [0.717, 1.165) is 0 Å². The zero-order valence-electron chi connectivity index (χ0n) is 2.37. The summed E-state index contributed by atoms with van der Waals surface area (Å²) in [5, 5.41) is 0.